The molecule has 1 N–H and O–H groups in total. The lowest BCUT2D eigenvalue weighted by molar-refractivity contribution is 0.305. The molecule has 0 fully saturated rings. The van der Waals surface area contributed by atoms with Crippen molar-refractivity contribution in [2.45, 2.75) is 26.3 Å². The van der Waals surface area contributed by atoms with Crippen molar-refractivity contribution >= 4 is 17.5 Å². The van der Waals surface area contributed by atoms with Gasteiger partial charge in [-0.3, -0.25) is 0 Å². The van der Waals surface area contributed by atoms with E-state index in [-0.39, 0.29) is 6.04 Å². The van der Waals surface area contributed by atoms with Crippen molar-refractivity contribution in [1.29, 1.82) is 0 Å². The van der Waals surface area contributed by atoms with Gasteiger partial charge in [-0.1, -0.05) is 36.7 Å². The van der Waals surface area contributed by atoms with Crippen LogP contribution in [0.1, 0.15) is 31.9 Å². The van der Waals surface area contributed by atoms with Gasteiger partial charge in [0.05, 0.1) is 12.6 Å². The van der Waals surface area contributed by atoms with Crippen LogP contribution in [-0.2, 0) is 0 Å². The molecule has 5 heteroatoms. The molecule has 0 saturated carbocycles. The second kappa shape index (κ2) is 7.10. The lowest BCUT2D eigenvalue weighted by atomic mass is 10.1. The Morgan fingerprint density at radius 1 is 1.30 bits per heavy atom. The standard InChI is InChI=1S/C15H18ClN3O/c1-3-10-20-14-8-9-17-15(19-14)18-11(2)12-6-4-5-7-13(12)16/h4-9,11H,3,10H2,1-2H3,(H,17,18,19). The van der Waals surface area contributed by atoms with E-state index in [2.05, 4.69) is 22.2 Å². The first-order valence-electron chi connectivity index (χ1n) is 6.67. The fraction of sp³-hybridized carbons (Fsp3) is 0.333. The van der Waals surface area contributed by atoms with E-state index in [9.17, 15) is 0 Å². The minimum Gasteiger partial charge on any atom is -0.478 e. The molecule has 0 aliphatic carbocycles. The van der Waals surface area contributed by atoms with Gasteiger partial charge in [-0.25, -0.2) is 4.98 Å². The van der Waals surface area contributed by atoms with Crippen molar-refractivity contribution in [3.05, 3.63) is 47.1 Å². The van der Waals surface area contributed by atoms with Gasteiger partial charge in [0, 0.05) is 17.3 Å². The molecule has 1 aromatic carbocycles. The third-order valence-corrected chi connectivity index (χ3v) is 3.15. The number of nitrogens with one attached hydrogen (secondary N) is 1. The van der Waals surface area contributed by atoms with Crippen LogP contribution in [0.2, 0.25) is 5.02 Å². The van der Waals surface area contributed by atoms with Gasteiger partial charge in [-0.2, -0.15) is 4.98 Å². The maximum absolute atomic E-state index is 6.18. The second-order valence-electron chi connectivity index (χ2n) is 4.45. The van der Waals surface area contributed by atoms with Gasteiger partial charge >= 0.3 is 0 Å². The van der Waals surface area contributed by atoms with E-state index < -0.39 is 0 Å². The maximum atomic E-state index is 6.18. The second-order valence-corrected chi connectivity index (χ2v) is 4.86. The summed E-state index contributed by atoms with van der Waals surface area (Å²) in [6.45, 7) is 4.72. The van der Waals surface area contributed by atoms with Gasteiger partial charge in [0.25, 0.3) is 0 Å². The molecular weight excluding hydrogens is 274 g/mol. The van der Waals surface area contributed by atoms with Gasteiger partial charge < -0.3 is 10.1 Å². The summed E-state index contributed by atoms with van der Waals surface area (Å²) in [5.74, 6) is 1.11. The fourth-order valence-corrected chi connectivity index (χ4v) is 2.10. The van der Waals surface area contributed by atoms with Crippen LogP contribution in [0.15, 0.2) is 36.5 Å². The van der Waals surface area contributed by atoms with Crippen LogP contribution in [0.4, 0.5) is 5.95 Å². The van der Waals surface area contributed by atoms with Crippen molar-refractivity contribution < 1.29 is 4.74 Å². The number of hydrogen-bond donors (Lipinski definition) is 1. The van der Waals surface area contributed by atoms with Gasteiger partial charge in [-0.05, 0) is 25.0 Å². The third-order valence-electron chi connectivity index (χ3n) is 2.80. The number of halogens is 1. The van der Waals surface area contributed by atoms with E-state index in [1.165, 1.54) is 0 Å². The summed E-state index contributed by atoms with van der Waals surface area (Å²) in [5.41, 5.74) is 1.01. The molecule has 0 spiro atoms. The highest BCUT2D eigenvalue weighted by Gasteiger charge is 2.10. The summed E-state index contributed by atoms with van der Waals surface area (Å²) >= 11 is 6.18. The van der Waals surface area contributed by atoms with Gasteiger partial charge in [0.15, 0.2) is 0 Å². The normalized spacial score (nSPS) is 11.9. The number of anilines is 1. The van der Waals surface area contributed by atoms with Crippen LogP contribution in [-0.4, -0.2) is 16.6 Å². The summed E-state index contributed by atoms with van der Waals surface area (Å²) in [6.07, 6.45) is 2.63. The first-order valence-corrected chi connectivity index (χ1v) is 7.05. The Balaban J connectivity index is 2.08. The number of ether oxygens (including phenoxy) is 1. The number of nitrogens with zero attached hydrogens (tertiary/aromatic N) is 2. The van der Waals surface area contributed by atoms with Crippen molar-refractivity contribution in [3.8, 4) is 5.88 Å². The predicted octanol–water partition coefficient (Wildman–Crippen LogP) is 4.09. The molecule has 0 saturated heterocycles. The van der Waals surface area contributed by atoms with E-state index >= 15 is 0 Å². The van der Waals surface area contributed by atoms with E-state index in [1.54, 1.807) is 12.3 Å². The monoisotopic (exact) mass is 291 g/mol. The highest BCUT2D eigenvalue weighted by atomic mass is 35.5. The van der Waals surface area contributed by atoms with Crippen molar-refractivity contribution in [3.63, 3.8) is 0 Å². The molecule has 0 aliphatic heterocycles. The summed E-state index contributed by atoms with van der Waals surface area (Å²) in [4.78, 5) is 8.52. The van der Waals surface area contributed by atoms with Gasteiger partial charge in [-0.15, -0.1) is 0 Å². The summed E-state index contributed by atoms with van der Waals surface area (Å²) in [5, 5.41) is 3.96. The molecule has 1 atom stereocenters. The van der Waals surface area contributed by atoms with Gasteiger partial charge in [0.1, 0.15) is 0 Å². The molecule has 2 rings (SSSR count). The quantitative estimate of drug-likeness (QED) is 0.871. The van der Waals surface area contributed by atoms with Gasteiger partial charge in [0.2, 0.25) is 11.8 Å². The Bertz CT molecular complexity index is 562. The zero-order valence-corrected chi connectivity index (χ0v) is 12.4. The van der Waals surface area contributed by atoms with Crippen LogP contribution >= 0.6 is 11.6 Å². The highest BCUT2D eigenvalue weighted by Crippen LogP contribution is 2.24. The molecule has 0 aliphatic rings. The van der Waals surface area contributed by atoms with Crippen molar-refractivity contribution in [2.24, 2.45) is 0 Å². The van der Waals surface area contributed by atoms with E-state index in [1.807, 2.05) is 31.2 Å². The van der Waals surface area contributed by atoms with Crippen LogP contribution in [0.5, 0.6) is 5.88 Å². The average Bonchev–Trinajstić information content (AvgIpc) is 2.46. The molecule has 20 heavy (non-hydrogen) atoms. The third kappa shape index (κ3) is 3.84. The molecule has 4 nitrogen and oxygen atoms in total. The topological polar surface area (TPSA) is 47.0 Å². The first kappa shape index (κ1) is 14.6. The van der Waals surface area contributed by atoms with E-state index in [4.69, 9.17) is 16.3 Å². The molecule has 2 aromatic rings. The minimum atomic E-state index is 0.0186. The minimum absolute atomic E-state index is 0.0186. The zero-order valence-electron chi connectivity index (χ0n) is 11.6. The van der Waals surface area contributed by atoms with Crippen molar-refractivity contribution in [2.75, 3.05) is 11.9 Å². The lowest BCUT2D eigenvalue weighted by Gasteiger charge is -2.15. The van der Waals surface area contributed by atoms with Crippen molar-refractivity contribution in [1.82, 2.24) is 9.97 Å². The zero-order chi connectivity index (χ0) is 14.4. The summed E-state index contributed by atoms with van der Waals surface area (Å²) in [6, 6.07) is 9.50. The highest BCUT2D eigenvalue weighted by molar-refractivity contribution is 6.31. The Kier molecular flexibility index (Phi) is 5.18. The van der Waals surface area contributed by atoms with Crippen LogP contribution in [0.3, 0.4) is 0 Å². The molecule has 1 heterocycles. The molecule has 0 bridgehead atoms. The smallest absolute Gasteiger partial charge is 0.226 e. The van der Waals surface area contributed by atoms with Crippen LogP contribution < -0.4 is 10.1 Å². The lowest BCUT2D eigenvalue weighted by Crippen LogP contribution is -2.10. The Morgan fingerprint density at radius 3 is 2.85 bits per heavy atom. The van der Waals surface area contributed by atoms with E-state index in [0.717, 1.165) is 17.0 Å². The largest absolute Gasteiger partial charge is 0.478 e. The molecule has 1 aromatic heterocycles. The summed E-state index contributed by atoms with van der Waals surface area (Å²) in [7, 11) is 0. The number of rotatable bonds is 6. The average molecular weight is 292 g/mol. The fourth-order valence-electron chi connectivity index (χ4n) is 1.80. The van der Waals surface area contributed by atoms with E-state index in [0.29, 0.717) is 18.4 Å². The molecule has 0 amide bonds. The molecule has 106 valence electrons. The number of aromatic nitrogens is 2. The first-order chi connectivity index (χ1) is 9.70. The molecular formula is C15H18ClN3O. The Labute approximate surface area is 124 Å². The molecule has 0 radical (unpaired) electrons. The Morgan fingerprint density at radius 2 is 2.10 bits per heavy atom. The number of hydrogen-bond acceptors (Lipinski definition) is 4. The SMILES string of the molecule is CCCOc1ccnc(NC(C)c2ccccc2Cl)n1. The Hall–Kier alpha value is -1.81. The predicted molar refractivity (Wildman–Crippen MR) is 81.3 cm³/mol. The van der Waals surface area contributed by atoms with Crippen LogP contribution in [0.25, 0.3) is 0 Å². The molecule has 1 unspecified atom stereocenters. The number of benzene rings is 1. The summed E-state index contributed by atoms with van der Waals surface area (Å²) < 4.78 is 5.49. The van der Waals surface area contributed by atoms with Crippen LogP contribution in [0, 0.1) is 0 Å². The maximum Gasteiger partial charge on any atom is 0.226 e.